The maximum Gasteiger partial charge on any atom is 0.0706 e. The average molecular weight is 281 g/mol. The number of fused-ring (bicyclic) bond motifs is 2. The molecule has 1 saturated carbocycles. The van der Waals surface area contributed by atoms with E-state index in [1.54, 1.807) is 0 Å². The Bertz CT molecular complexity index is 649. The SMILES string of the molecule is O[C@]12CCCC[C@H]1[C@H](c1ccc3ccccc3c1)NCC2. The first-order valence-electron chi connectivity index (χ1n) is 8.21. The lowest BCUT2D eigenvalue weighted by Gasteiger charge is -2.48. The van der Waals surface area contributed by atoms with Crippen LogP contribution >= 0.6 is 0 Å². The molecule has 4 rings (SSSR count). The summed E-state index contributed by atoms with van der Waals surface area (Å²) >= 11 is 0. The van der Waals surface area contributed by atoms with E-state index in [1.165, 1.54) is 29.2 Å². The summed E-state index contributed by atoms with van der Waals surface area (Å²) in [6.07, 6.45) is 5.45. The van der Waals surface area contributed by atoms with E-state index in [4.69, 9.17) is 0 Å². The van der Waals surface area contributed by atoms with Crippen LogP contribution in [-0.4, -0.2) is 17.3 Å². The summed E-state index contributed by atoms with van der Waals surface area (Å²) in [5, 5.41) is 17.2. The number of benzene rings is 2. The summed E-state index contributed by atoms with van der Waals surface area (Å²) < 4.78 is 0. The zero-order chi connectivity index (χ0) is 14.3. The Balaban J connectivity index is 1.72. The number of nitrogens with one attached hydrogen (secondary N) is 1. The first-order valence-corrected chi connectivity index (χ1v) is 8.21. The van der Waals surface area contributed by atoms with Gasteiger partial charge in [0.1, 0.15) is 0 Å². The van der Waals surface area contributed by atoms with E-state index in [9.17, 15) is 5.11 Å². The molecule has 0 unspecified atom stereocenters. The molecule has 1 saturated heterocycles. The van der Waals surface area contributed by atoms with Crippen molar-refractivity contribution in [2.24, 2.45) is 5.92 Å². The molecule has 2 nitrogen and oxygen atoms in total. The minimum Gasteiger partial charge on any atom is -0.389 e. The molecule has 110 valence electrons. The van der Waals surface area contributed by atoms with Crippen molar-refractivity contribution in [2.45, 2.75) is 43.7 Å². The molecule has 21 heavy (non-hydrogen) atoms. The highest BCUT2D eigenvalue weighted by atomic mass is 16.3. The van der Waals surface area contributed by atoms with Gasteiger partial charge < -0.3 is 10.4 Å². The van der Waals surface area contributed by atoms with Gasteiger partial charge in [-0.25, -0.2) is 0 Å². The van der Waals surface area contributed by atoms with E-state index >= 15 is 0 Å². The largest absolute Gasteiger partial charge is 0.389 e. The van der Waals surface area contributed by atoms with Gasteiger partial charge in [0.25, 0.3) is 0 Å². The molecule has 0 amide bonds. The van der Waals surface area contributed by atoms with Gasteiger partial charge in [0.15, 0.2) is 0 Å². The summed E-state index contributed by atoms with van der Waals surface area (Å²) in [6, 6.07) is 15.6. The quantitative estimate of drug-likeness (QED) is 0.833. The third kappa shape index (κ3) is 2.27. The molecule has 0 spiro atoms. The van der Waals surface area contributed by atoms with Gasteiger partial charge in [-0.3, -0.25) is 0 Å². The fourth-order valence-electron chi connectivity index (χ4n) is 4.37. The molecule has 2 aromatic carbocycles. The summed E-state index contributed by atoms with van der Waals surface area (Å²) in [5.74, 6) is 0.362. The summed E-state index contributed by atoms with van der Waals surface area (Å²) in [4.78, 5) is 0. The summed E-state index contributed by atoms with van der Waals surface area (Å²) in [6.45, 7) is 0.921. The third-order valence-corrected chi connectivity index (χ3v) is 5.52. The predicted molar refractivity (Wildman–Crippen MR) is 86.2 cm³/mol. The van der Waals surface area contributed by atoms with Crippen molar-refractivity contribution in [3.05, 3.63) is 48.0 Å². The van der Waals surface area contributed by atoms with Crippen LogP contribution in [0.5, 0.6) is 0 Å². The molecule has 0 bridgehead atoms. The van der Waals surface area contributed by atoms with Crippen LogP contribution in [0.3, 0.4) is 0 Å². The Kier molecular flexibility index (Phi) is 3.24. The van der Waals surface area contributed by atoms with Gasteiger partial charge in [-0.1, -0.05) is 49.2 Å². The zero-order valence-corrected chi connectivity index (χ0v) is 12.4. The van der Waals surface area contributed by atoms with Crippen LogP contribution in [-0.2, 0) is 0 Å². The maximum absolute atomic E-state index is 11.0. The van der Waals surface area contributed by atoms with Crippen molar-refractivity contribution < 1.29 is 5.11 Å². The Morgan fingerprint density at radius 1 is 1.00 bits per heavy atom. The van der Waals surface area contributed by atoms with Crippen molar-refractivity contribution in [1.82, 2.24) is 5.32 Å². The van der Waals surface area contributed by atoms with Gasteiger partial charge in [-0.15, -0.1) is 0 Å². The lowest BCUT2D eigenvalue weighted by atomic mass is 9.67. The van der Waals surface area contributed by atoms with Crippen molar-refractivity contribution in [2.75, 3.05) is 6.54 Å². The van der Waals surface area contributed by atoms with Crippen molar-refractivity contribution in [3.63, 3.8) is 0 Å². The van der Waals surface area contributed by atoms with Crippen LogP contribution in [0.25, 0.3) is 10.8 Å². The average Bonchev–Trinajstić information content (AvgIpc) is 2.53. The minimum absolute atomic E-state index is 0.300. The molecule has 2 fully saturated rings. The first kappa shape index (κ1) is 13.3. The van der Waals surface area contributed by atoms with Gasteiger partial charge in [0.05, 0.1) is 5.60 Å². The molecule has 1 aliphatic carbocycles. The van der Waals surface area contributed by atoms with E-state index < -0.39 is 5.60 Å². The van der Waals surface area contributed by atoms with Gasteiger partial charge in [0, 0.05) is 12.0 Å². The highest BCUT2D eigenvalue weighted by Crippen LogP contribution is 2.45. The van der Waals surface area contributed by atoms with Gasteiger partial charge in [0.2, 0.25) is 0 Å². The van der Waals surface area contributed by atoms with Crippen molar-refractivity contribution >= 4 is 10.8 Å². The Morgan fingerprint density at radius 3 is 2.76 bits per heavy atom. The second-order valence-corrected chi connectivity index (χ2v) is 6.74. The monoisotopic (exact) mass is 281 g/mol. The molecule has 2 aromatic rings. The van der Waals surface area contributed by atoms with Gasteiger partial charge in [-0.05, 0) is 48.2 Å². The molecule has 1 heterocycles. The highest BCUT2D eigenvalue weighted by Gasteiger charge is 2.45. The second-order valence-electron chi connectivity index (χ2n) is 6.74. The topological polar surface area (TPSA) is 32.3 Å². The van der Waals surface area contributed by atoms with Crippen LogP contribution in [0.1, 0.15) is 43.7 Å². The zero-order valence-electron chi connectivity index (χ0n) is 12.4. The molecule has 2 heteroatoms. The van der Waals surface area contributed by atoms with E-state index in [-0.39, 0.29) is 0 Å². The van der Waals surface area contributed by atoms with E-state index in [0.29, 0.717) is 12.0 Å². The van der Waals surface area contributed by atoms with E-state index in [1.807, 2.05) is 0 Å². The number of rotatable bonds is 1. The number of hydrogen-bond acceptors (Lipinski definition) is 2. The molecular weight excluding hydrogens is 258 g/mol. The lowest BCUT2D eigenvalue weighted by Crippen LogP contribution is -2.53. The predicted octanol–water partition coefficient (Wildman–Crippen LogP) is 3.80. The Morgan fingerprint density at radius 2 is 1.86 bits per heavy atom. The second kappa shape index (κ2) is 5.11. The number of piperidine rings is 1. The molecule has 0 radical (unpaired) electrons. The first-order chi connectivity index (χ1) is 10.3. The van der Waals surface area contributed by atoms with Gasteiger partial charge >= 0.3 is 0 Å². The van der Waals surface area contributed by atoms with E-state index in [2.05, 4.69) is 47.8 Å². The molecule has 0 aromatic heterocycles. The van der Waals surface area contributed by atoms with Crippen LogP contribution in [0.15, 0.2) is 42.5 Å². The van der Waals surface area contributed by atoms with Crippen LogP contribution in [0.2, 0.25) is 0 Å². The highest BCUT2D eigenvalue weighted by molar-refractivity contribution is 5.83. The third-order valence-electron chi connectivity index (χ3n) is 5.52. The summed E-state index contributed by atoms with van der Waals surface area (Å²) in [5.41, 5.74) is 0.888. The summed E-state index contributed by atoms with van der Waals surface area (Å²) in [7, 11) is 0. The standard InChI is InChI=1S/C19H23NO/c21-19-10-4-3-7-17(19)18(20-12-11-19)16-9-8-14-5-1-2-6-15(14)13-16/h1-2,5-6,8-9,13,17-18,20-21H,3-4,7,10-12H2/t17-,18-,19-/m0/s1. The molecular formula is C19H23NO. The fraction of sp³-hybridized carbons (Fsp3) is 0.474. The number of aliphatic hydroxyl groups is 1. The van der Waals surface area contributed by atoms with Crippen LogP contribution in [0.4, 0.5) is 0 Å². The molecule has 2 aliphatic rings. The number of hydrogen-bond donors (Lipinski definition) is 2. The maximum atomic E-state index is 11.0. The van der Waals surface area contributed by atoms with Crippen LogP contribution in [0, 0.1) is 5.92 Å². The lowest BCUT2D eigenvalue weighted by molar-refractivity contribution is -0.0861. The molecule has 1 aliphatic heterocycles. The Labute approximate surface area is 126 Å². The van der Waals surface area contributed by atoms with Crippen LogP contribution < -0.4 is 5.32 Å². The molecule has 3 atom stereocenters. The fourth-order valence-corrected chi connectivity index (χ4v) is 4.37. The normalized spacial score (nSPS) is 32.8. The smallest absolute Gasteiger partial charge is 0.0706 e. The Hall–Kier alpha value is -1.38. The van der Waals surface area contributed by atoms with Crippen molar-refractivity contribution in [1.29, 1.82) is 0 Å². The molecule has 2 N–H and O–H groups in total. The van der Waals surface area contributed by atoms with Crippen molar-refractivity contribution in [3.8, 4) is 0 Å². The van der Waals surface area contributed by atoms with E-state index in [0.717, 1.165) is 25.8 Å². The minimum atomic E-state index is -0.445. The van der Waals surface area contributed by atoms with Gasteiger partial charge in [-0.2, -0.15) is 0 Å².